The van der Waals surface area contributed by atoms with Crippen LogP contribution in [-0.2, 0) is 20.7 Å². The number of hydrogen-bond donors (Lipinski definition) is 0. The Balaban J connectivity index is 1.98. The molecule has 7 heteroatoms. The number of nitrogens with zero attached hydrogens (tertiary/aromatic N) is 1. The molecule has 0 saturated carbocycles. The number of esters is 1. The monoisotopic (exact) mass is 389 g/mol. The van der Waals surface area contributed by atoms with E-state index in [0.717, 1.165) is 5.56 Å². The number of para-hydroxylation sites is 2. The Hall–Kier alpha value is -3.09. The number of hydrogen-bond acceptors (Lipinski definition) is 5. The molecule has 2 aromatic rings. The number of methoxy groups -OCH3 is 2. The van der Waals surface area contributed by atoms with Crippen molar-refractivity contribution in [3.05, 3.63) is 59.9 Å². The Morgan fingerprint density at radius 3 is 2.29 bits per heavy atom. The highest BCUT2D eigenvalue weighted by atomic mass is 19.1. The van der Waals surface area contributed by atoms with Crippen LogP contribution in [-0.4, -0.2) is 50.7 Å². The first-order valence-electron chi connectivity index (χ1n) is 8.88. The number of rotatable bonds is 10. The summed E-state index contributed by atoms with van der Waals surface area (Å²) in [6, 6.07) is 13.1. The minimum atomic E-state index is -0.398. The van der Waals surface area contributed by atoms with Crippen LogP contribution >= 0.6 is 0 Å². The quantitative estimate of drug-likeness (QED) is 0.585. The normalized spacial score (nSPS) is 10.2. The molecule has 2 aromatic carbocycles. The molecule has 0 radical (unpaired) electrons. The van der Waals surface area contributed by atoms with Gasteiger partial charge in [0.05, 0.1) is 20.6 Å². The topological polar surface area (TPSA) is 65.1 Å². The molecule has 0 aliphatic carbocycles. The highest BCUT2D eigenvalue weighted by molar-refractivity contribution is 5.78. The second-order valence-corrected chi connectivity index (χ2v) is 6.02. The van der Waals surface area contributed by atoms with Crippen molar-refractivity contribution in [1.29, 1.82) is 0 Å². The van der Waals surface area contributed by atoms with E-state index >= 15 is 0 Å². The summed E-state index contributed by atoms with van der Waals surface area (Å²) in [5.41, 5.74) is 0.892. The number of carbonyl (C=O) groups is 2. The van der Waals surface area contributed by atoms with Crippen LogP contribution < -0.4 is 9.47 Å². The van der Waals surface area contributed by atoms with Gasteiger partial charge in [0, 0.05) is 13.1 Å². The van der Waals surface area contributed by atoms with Crippen molar-refractivity contribution in [1.82, 2.24) is 4.90 Å². The first-order valence-corrected chi connectivity index (χ1v) is 8.88. The predicted octanol–water partition coefficient (Wildman–Crippen LogP) is 2.85. The summed E-state index contributed by atoms with van der Waals surface area (Å²) in [6.07, 6.45) is 0.613. The lowest BCUT2D eigenvalue weighted by Crippen LogP contribution is -2.38. The molecule has 0 aliphatic rings. The van der Waals surface area contributed by atoms with E-state index in [4.69, 9.17) is 9.47 Å². The highest BCUT2D eigenvalue weighted by Gasteiger charge is 2.17. The largest absolute Gasteiger partial charge is 0.493 e. The Morgan fingerprint density at radius 2 is 1.64 bits per heavy atom. The van der Waals surface area contributed by atoms with E-state index in [9.17, 15) is 14.0 Å². The summed E-state index contributed by atoms with van der Waals surface area (Å²) in [5, 5.41) is 0. The van der Waals surface area contributed by atoms with Crippen LogP contribution in [0.1, 0.15) is 12.0 Å². The fourth-order valence-electron chi connectivity index (χ4n) is 2.57. The van der Waals surface area contributed by atoms with E-state index in [1.165, 1.54) is 31.3 Å². The third kappa shape index (κ3) is 6.57. The van der Waals surface area contributed by atoms with Crippen molar-refractivity contribution in [3.63, 3.8) is 0 Å². The average molecular weight is 389 g/mol. The Morgan fingerprint density at radius 1 is 0.964 bits per heavy atom. The fourth-order valence-corrected chi connectivity index (χ4v) is 2.57. The van der Waals surface area contributed by atoms with Crippen LogP contribution in [0.3, 0.4) is 0 Å². The smallest absolute Gasteiger partial charge is 0.307 e. The molecule has 0 spiro atoms. The van der Waals surface area contributed by atoms with Crippen molar-refractivity contribution in [2.24, 2.45) is 0 Å². The molecule has 0 aromatic heterocycles. The van der Waals surface area contributed by atoms with Crippen LogP contribution in [0, 0.1) is 5.82 Å². The number of halogens is 1. The fraction of sp³-hybridized carbons (Fsp3) is 0.333. The summed E-state index contributed by atoms with van der Waals surface area (Å²) < 4.78 is 28.5. The van der Waals surface area contributed by atoms with Crippen molar-refractivity contribution in [3.8, 4) is 11.5 Å². The third-order valence-corrected chi connectivity index (χ3v) is 4.17. The van der Waals surface area contributed by atoms with Gasteiger partial charge in [-0.1, -0.05) is 24.3 Å². The van der Waals surface area contributed by atoms with Crippen molar-refractivity contribution < 1.29 is 28.2 Å². The maximum Gasteiger partial charge on any atom is 0.307 e. The van der Waals surface area contributed by atoms with Crippen molar-refractivity contribution in [2.75, 3.05) is 33.9 Å². The Labute approximate surface area is 163 Å². The first-order chi connectivity index (χ1) is 13.5. The zero-order valence-corrected chi connectivity index (χ0v) is 16.0. The summed E-state index contributed by atoms with van der Waals surface area (Å²) in [7, 11) is 2.83. The third-order valence-electron chi connectivity index (χ3n) is 4.17. The van der Waals surface area contributed by atoms with Gasteiger partial charge in [-0.05, 0) is 36.2 Å². The molecule has 0 fully saturated rings. The molecular formula is C21H24FNO5. The first kappa shape index (κ1) is 21.2. The zero-order chi connectivity index (χ0) is 20.4. The zero-order valence-electron chi connectivity index (χ0n) is 16.0. The molecule has 2 rings (SSSR count). The summed E-state index contributed by atoms with van der Waals surface area (Å²) in [4.78, 5) is 25.6. The number of amides is 1. The van der Waals surface area contributed by atoms with Gasteiger partial charge in [0.25, 0.3) is 5.91 Å². The Kier molecular flexibility index (Phi) is 8.27. The molecule has 0 heterocycles. The maximum absolute atomic E-state index is 13.0. The van der Waals surface area contributed by atoms with Gasteiger partial charge in [-0.15, -0.1) is 0 Å². The van der Waals surface area contributed by atoms with Crippen LogP contribution in [0.15, 0.2) is 48.5 Å². The van der Waals surface area contributed by atoms with E-state index in [-0.39, 0.29) is 31.3 Å². The lowest BCUT2D eigenvalue weighted by Gasteiger charge is -2.22. The van der Waals surface area contributed by atoms with Gasteiger partial charge in [-0.3, -0.25) is 9.59 Å². The maximum atomic E-state index is 13.0. The minimum Gasteiger partial charge on any atom is -0.493 e. The second-order valence-electron chi connectivity index (χ2n) is 6.02. The van der Waals surface area contributed by atoms with Crippen molar-refractivity contribution >= 4 is 11.9 Å². The van der Waals surface area contributed by atoms with E-state index in [1.54, 1.807) is 36.4 Å². The highest BCUT2D eigenvalue weighted by Crippen LogP contribution is 2.25. The molecular weight excluding hydrogens is 365 g/mol. The predicted molar refractivity (Wildman–Crippen MR) is 102 cm³/mol. The molecule has 0 unspecified atom stereocenters. The summed E-state index contributed by atoms with van der Waals surface area (Å²) in [6.45, 7) is 0.393. The van der Waals surface area contributed by atoms with Gasteiger partial charge >= 0.3 is 5.97 Å². The Bertz CT molecular complexity index is 779. The second kappa shape index (κ2) is 10.9. The SMILES string of the molecule is COC(=O)CCN(CCc1ccc(F)cc1)C(=O)COc1ccccc1OC. The lowest BCUT2D eigenvalue weighted by molar-refractivity contribution is -0.142. The molecule has 0 N–H and O–H groups in total. The van der Waals surface area contributed by atoms with Crippen LogP contribution in [0.2, 0.25) is 0 Å². The molecule has 0 saturated heterocycles. The van der Waals surface area contributed by atoms with Crippen LogP contribution in [0.4, 0.5) is 4.39 Å². The number of carbonyl (C=O) groups excluding carboxylic acids is 2. The van der Waals surface area contributed by atoms with Crippen molar-refractivity contribution in [2.45, 2.75) is 12.8 Å². The van der Waals surface area contributed by atoms with Crippen LogP contribution in [0.25, 0.3) is 0 Å². The van der Waals surface area contributed by atoms with Gasteiger partial charge < -0.3 is 19.1 Å². The standard InChI is InChI=1S/C21H24FNO5/c1-26-18-5-3-4-6-19(18)28-15-20(24)23(14-12-21(25)27-2)13-11-16-7-9-17(22)10-8-16/h3-10H,11-15H2,1-2H3. The number of benzene rings is 2. The van der Waals surface area contributed by atoms with E-state index < -0.39 is 5.97 Å². The van der Waals surface area contributed by atoms with Gasteiger partial charge in [-0.2, -0.15) is 0 Å². The van der Waals surface area contributed by atoms with Gasteiger partial charge in [0.15, 0.2) is 18.1 Å². The molecule has 0 atom stereocenters. The molecule has 150 valence electrons. The molecule has 1 amide bonds. The average Bonchev–Trinajstić information content (AvgIpc) is 2.73. The van der Waals surface area contributed by atoms with Gasteiger partial charge in [0.2, 0.25) is 0 Å². The molecule has 6 nitrogen and oxygen atoms in total. The minimum absolute atomic E-state index is 0.0836. The number of ether oxygens (including phenoxy) is 3. The van der Waals surface area contributed by atoms with Gasteiger partial charge in [-0.25, -0.2) is 4.39 Å². The summed E-state index contributed by atoms with van der Waals surface area (Å²) in [5.74, 6) is 0.0160. The molecule has 28 heavy (non-hydrogen) atoms. The molecule has 0 bridgehead atoms. The summed E-state index contributed by atoms with van der Waals surface area (Å²) >= 11 is 0. The van der Waals surface area contributed by atoms with E-state index in [2.05, 4.69) is 4.74 Å². The van der Waals surface area contributed by atoms with Gasteiger partial charge in [0.1, 0.15) is 5.82 Å². The molecule has 0 aliphatic heterocycles. The van der Waals surface area contributed by atoms with E-state index in [0.29, 0.717) is 24.5 Å². The lowest BCUT2D eigenvalue weighted by atomic mass is 10.1. The van der Waals surface area contributed by atoms with E-state index in [1.807, 2.05) is 0 Å². The van der Waals surface area contributed by atoms with Crippen LogP contribution in [0.5, 0.6) is 11.5 Å².